The number of carbonyl (C=O) groups excluding carboxylic acids is 2. The third-order valence-corrected chi connectivity index (χ3v) is 2.77. The van der Waals surface area contributed by atoms with E-state index in [2.05, 4.69) is 17.2 Å². The minimum absolute atomic E-state index is 0. The second-order valence-electron chi connectivity index (χ2n) is 5.30. The van der Waals surface area contributed by atoms with Gasteiger partial charge in [-0.15, -0.1) is 17.2 Å². The number of allylic oxidation sites excluding steroid dienone is 6. The molecule has 0 spiro atoms. The molecule has 0 saturated heterocycles. The molecule has 33 heavy (non-hydrogen) atoms. The third kappa shape index (κ3) is 28.9. The summed E-state index contributed by atoms with van der Waals surface area (Å²) in [5, 5.41) is 17.8. The van der Waals surface area contributed by atoms with Gasteiger partial charge in [-0.2, -0.15) is 0 Å². The fourth-order valence-corrected chi connectivity index (χ4v) is 1.52. The number of aliphatic carboxylic acids is 2. The molecular weight excluding hydrogens is 534 g/mol. The minimum Gasteiger partial charge on any atom is -0.550 e. The molecule has 3 rings (SSSR count). The van der Waals surface area contributed by atoms with Crippen molar-refractivity contribution in [2.45, 2.75) is 13.8 Å². The summed E-state index contributed by atoms with van der Waals surface area (Å²) in [7, 11) is 4.94. The van der Waals surface area contributed by atoms with Gasteiger partial charge in [0.05, 0.1) is 40.6 Å². The first kappa shape index (κ1) is 34.5. The molecule has 0 aromatic heterocycles. The van der Waals surface area contributed by atoms with Gasteiger partial charge in [-0.25, -0.2) is 0 Å². The topological polar surface area (TPSA) is 108 Å². The Labute approximate surface area is 213 Å². The molecule has 0 unspecified atom stereocenters. The average molecular weight is 561 g/mol. The number of hydrogen-bond acceptors (Lipinski definition) is 7. The molecule has 0 saturated carbocycles. The van der Waals surface area contributed by atoms with Gasteiger partial charge in [0.1, 0.15) is 17.3 Å². The van der Waals surface area contributed by atoms with Gasteiger partial charge in [-0.1, -0.05) is 0 Å². The predicted molar refractivity (Wildman–Crippen MR) is 123 cm³/mol. The zero-order valence-corrected chi connectivity index (χ0v) is 21.8. The molecule has 3 aliphatic rings. The zero-order chi connectivity index (χ0) is 24.6. The molecule has 0 bridgehead atoms. The largest absolute Gasteiger partial charge is 0.550 e. The van der Waals surface area contributed by atoms with Crippen molar-refractivity contribution < 1.29 is 34.0 Å². The summed E-state index contributed by atoms with van der Waals surface area (Å²) in [5.41, 5.74) is 8.66. The van der Waals surface area contributed by atoms with E-state index in [4.69, 9.17) is 34.0 Å². The van der Waals surface area contributed by atoms with Gasteiger partial charge in [-0.3, -0.25) is 0 Å². The van der Waals surface area contributed by atoms with Crippen LogP contribution in [0, 0.1) is 19.3 Å². The van der Waals surface area contributed by atoms with Crippen molar-refractivity contribution in [3.63, 3.8) is 0 Å². The molecule has 0 aromatic carbocycles. The molecule has 6 radical (unpaired) electrons. The number of carbonyl (C=O) groups is 2. The van der Waals surface area contributed by atoms with Crippen LogP contribution in [0.25, 0.3) is 0 Å². The number of methoxy groups -OCH3 is 3. The van der Waals surface area contributed by atoms with Crippen molar-refractivity contribution in [3.05, 3.63) is 108 Å². The number of rotatable bonds is 3. The van der Waals surface area contributed by atoms with Gasteiger partial charge < -0.3 is 34.0 Å². The van der Waals surface area contributed by atoms with Crippen molar-refractivity contribution in [1.82, 2.24) is 0 Å². The fourth-order valence-electron chi connectivity index (χ4n) is 1.52. The molecule has 0 N–H and O–H groups in total. The van der Waals surface area contributed by atoms with Crippen molar-refractivity contribution in [2.24, 2.45) is 0 Å². The van der Waals surface area contributed by atoms with Crippen molar-refractivity contribution in [1.29, 1.82) is 0 Å². The van der Waals surface area contributed by atoms with E-state index in [9.17, 15) is 0 Å². The quantitative estimate of drug-likeness (QED) is 0.380. The summed E-state index contributed by atoms with van der Waals surface area (Å²) < 4.78 is 14.7. The number of ether oxygens (including phenoxy) is 3. The molecule has 3 aliphatic carbocycles. The Balaban J connectivity index is -0.000000350. The van der Waals surface area contributed by atoms with E-state index in [1.165, 1.54) is 0 Å². The average Bonchev–Trinajstić information content (AvgIpc) is 2.81. The Bertz CT molecular complexity index is 742. The van der Waals surface area contributed by atoms with Crippen LogP contribution in [-0.4, -0.2) is 57.7 Å². The van der Waals surface area contributed by atoms with Gasteiger partial charge in [0, 0.05) is 36.4 Å². The van der Waals surface area contributed by atoms with Crippen LogP contribution >= 0.6 is 0 Å². The van der Waals surface area contributed by atoms with E-state index in [0.717, 1.165) is 31.1 Å². The summed E-state index contributed by atoms with van der Waals surface area (Å²) >= 11 is 0. The standard InChI is InChI=1S/3C7H7O.2C2H4O2.Sb/c3*1-8-7-5-3-2-4-6-7;2*1-2(3)4;/h3*3-6H,1H3;2*1H3,(H,3,4);/p-2. The summed E-state index contributed by atoms with van der Waals surface area (Å²) in [5.74, 6) is 0.469. The Hall–Kier alpha value is -3.06. The first-order valence-electron chi connectivity index (χ1n) is 9.12. The normalized spacial score (nSPS) is 13.1. The Kier molecular flexibility index (Phi) is 26.4. The van der Waals surface area contributed by atoms with E-state index in [1.54, 1.807) is 21.3 Å². The van der Waals surface area contributed by atoms with Crippen molar-refractivity contribution >= 4 is 36.4 Å². The molecule has 0 atom stereocenters. The predicted octanol–water partition coefficient (Wildman–Crippen LogP) is 1.47. The molecule has 0 aliphatic heterocycles. The van der Waals surface area contributed by atoms with E-state index in [0.29, 0.717) is 0 Å². The Morgan fingerprint density at radius 1 is 0.606 bits per heavy atom. The van der Waals surface area contributed by atoms with Gasteiger partial charge in [0.2, 0.25) is 0 Å². The number of carboxylic acid groups (broad SMARTS) is 2. The second kappa shape index (κ2) is 25.2. The Morgan fingerprint density at radius 3 is 0.909 bits per heavy atom. The summed E-state index contributed by atoms with van der Waals surface area (Å²) in [4.78, 5) is 17.8. The van der Waals surface area contributed by atoms with Gasteiger partial charge in [-0.05, 0) is 68.5 Å². The summed E-state index contributed by atoms with van der Waals surface area (Å²) in [6.45, 7) is 1.94. The smallest absolute Gasteiger partial charge is 0.105 e. The van der Waals surface area contributed by atoms with Gasteiger partial charge in [0.25, 0.3) is 0 Å². The number of hydrogen-bond donors (Lipinski definition) is 0. The van der Waals surface area contributed by atoms with Crippen LogP contribution in [0.1, 0.15) is 13.8 Å². The molecular formula is C25H27O7Sb-2. The van der Waals surface area contributed by atoms with Crippen LogP contribution in [-0.2, 0) is 23.8 Å². The summed E-state index contributed by atoms with van der Waals surface area (Å²) in [6.07, 6.45) is 22.1. The zero-order valence-electron chi connectivity index (χ0n) is 19.2. The molecule has 0 aromatic rings. The van der Waals surface area contributed by atoms with E-state index in [-0.39, 0.29) is 24.4 Å². The summed E-state index contributed by atoms with van der Waals surface area (Å²) in [6, 6.07) is 0. The van der Waals surface area contributed by atoms with Crippen LogP contribution in [0.15, 0.2) is 89.2 Å². The minimum atomic E-state index is -1.08. The van der Waals surface area contributed by atoms with Gasteiger partial charge in [0.15, 0.2) is 0 Å². The van der Waals surface area contributed by atoms with Crippen LogP contribution in [0.2, 0.25) is 0 Å². The van der Waals surface area contributed by atoms with Crippen LogP contribution in [0.5, 0.6) is 0 Å². The first-order valence-corrected chi connectivity index (χ1v) is 9.12. The maximum Gasteiger partial charge on any atom is 0.105 e. The van der Waals surface area contributed by atoms with Crippen LogP contribution in [0.3, 0.4) is 0 Å². The van der Waals surface area contributed by atoms with Crippen LogP contribution < -0.4 is 10.2 Å². The monoisotopic (exact) mass is 560 g/mol. The van der Waals surface area contributed by atoms with Gasteiger partial charge >= 0.3 is 0 Å². The maximum atomic E-state index is 8.89. The third-order valence-electron chi connectivity index (χ3n) is 2.77. The number of carboxylic acids is 2. The van der Waals surface area contributed by atoms with E-state index in [1.807, 2.05) is 73.9 Å². The molecule has 0 amide bonds. The Morgan fingerprint density at radius 2 is 0.818 bits per heavy atom. The van der Waals surface area contributed by atoms with Crippen LogP contribution in [0.4, 0.5) is 0 Å². The molecule has 176 valence electrons. The van der Waals surface area contributed by atoms with Crippen molar-refractivity contribution in [3.8, 4) is 0 Å². The SMILES string of the molecule is CC(=O)[O-].CC(=O)[O-].COC1=CC=C=C[CH]1.COC1=CC=C=C[CH]1.COC1=CC=C=C[CH]1.[Sb]. The molecule has 7 nitrogen and oxygen atoms in total. The second-order valence-corrected chi connectivity index (χ2v) is 5.30. The van der Waals surface area contributed by atoms with Crippen molar-refractivity contribution in [2.75, 3.05) is 21.3 Å². The van der Waals surface area contributed by atoms with E-state index < -0.39 is 11.9 Å². The molecule has 0 heterocycles. The molecule has 8 heteroatoms. The fraction of sp³-hybridized carbons (Fsp3) is 0.200. The maximum absolute atomic E-state index is 8.89. The van der Waals surface area contributed by atoms with E-state index >= 15 is 0 Å². The molecule has 0 fully saturated rings. The first-order chi connectivity index (χ1) is 15.3.